The molecule has 46 heavy (non-hydrogen) atoms. The first-order valence-corrected chi connectivity index (χ1v) is 16.3. The molecule has 1 aliphatic carbocycles. The van der Waals surface area contributed by atoms with Crippen LogP contribution in [0.2, 0.25) is 0 Å². The second-order valence-corrected chi connectivity index (χ2v) is 12.6. The average molecular weight is 591 g/mol. The van der Waals surface area contributed by atoms with Gasteiger partial charge in [0.05, 0.1) is 16.6 Å². The van der Waals surface area contributed by atoms with E-state index < -0.39 is 0 Å². The molecule has 0 spiro atoms. The Hall–Kier alpha value is -5.60. The van der Waals surface area contributed by atoms with E-state index in [1.165, 1.54) is 77.6 Å². The predicted octanol–water partition coefficient (Wildman–Crippen LogP) is 11.5. The largest absolute Gasteiger partial charge is 0.313 e. The van der Waals surface area contributed by atoms with Crippen LogP contribution in [0.25, 0.3) is 61.3 Å². The molecular weight excluding hydrogens is 556 g/mol. The maximum atomic E-state index is 2.47. The molecule has 220 valence electrons. The van der Waals surface area contributed by atoms with E-state index >= 15 is 0 Å². The molecule has 1 unspecified atom stereocenters. The molecule has 0 bridgehead atoms. The predicted molar refractivity (Wildman–Crippen MR) is 194 cm³/mol. The smallest absolute Gasteiger partial charge is 0.0541 e. The van der Waals surface area contributed by atoms with Crippen molar-refractivity contribution < 1.29 is 0 Å². The summed E-state index contributed by atoms with van der Waals surface area (Å²) in [6, 6.07) is 53.4. The van der Waals surface area contributed by atoms with Crippen LogP contribution in [0.5, 0.6) is 0 Å². The molecule has 6 aromatic carbocycles. The van der Waals surface area contributed by atoms with Crippen molar-refractivity contribution in [2.45, 2.75) is 25.7 Å². The van der Waals surface area contributed by atoms with Gasteiger partial charge in [0.2, 0.25) is 0 Å². The second kappa shape index (κ2) is 10.8. The van der Waals surface area contributed by atoms with Crippen LogP contribution in [0, 0.1) is 0 Å². The Morgan fingerprint density at radius 2 is 0.957 bits per heavy atom. The molecule has 8 aromatic rings. The summed E-state index contributed by atoms with van der Waals surface area (Å²) in [7, 11) is 0. The molecule has 1 aliphatic rings. The van der Waals surface area contributed by atoms with Gasteiger partial charge in [-0.1, -0.05) is 122 Å². The maximum Gasteiger partial charge on any atom is 0.0541 e. The minimum absolute atomic E-state index is 0.490. The molecule has 0 N–H and O–H groups in total. The van der Waals surface area contributed by atoms with Gasteiger partial charge in [0, 0.05) is 44.7 Å². The monoisotopic (exact) mass is 590 g/mol. The van der Waals surface area contributed by atoms with Crippen molar-refractivity contribution in [2.24, 2.45) is 0 Å². The third-order valence-electron chi connectivity index (χ3n) is 9.79. The van der Waals surface area contributed by atoms with E-state index in [-0.39, 0.29) is 0 Å². The highest BCUT2D eigenvalue weighted by atomic mass is 15.0. The number of hydrogen-bond donors (Lipinski definition) is 0. The molecule has 2 nitrogen and oxygen atoms in total. The Labute approximate surface area is 269 Å². The lowest BCUT2D eigenvalue weighted by molar-refractivity contribution is 0.723. The summed E-state index contributed by atoms with van der Waals surface area (Å²) in [4.78, 5) is 0. The molecule has 0 amide bonds. The lowest BCUT2D eigenvalue weighted by Crippen LogP contribution is -2.06. The van der Waals surface area contributed by atoms with Gasteiger partial charge in [0.15, 0.2) is 0 Å². The molecule has 0 saturated carbocycles. The van der Waals surface area contributed by atoms with Crippen LogP contribution in [0.15, 0.2) is 152 Å². The lowest BCUT2D eigenvalue weighted by Gasteiger charge is -2.19. The summed E-state index contributed by atoms with van der Waals surface area (Å²) in [5.41, 5.74) is 14.1. The van der Waals surface area contributed by atoms with Gasteiger partial charge in [0.1, 0.15) is 0 Å². The van der Waals surface area contributed by atoms with E-state index in [1.807, 2.05) is 0 Å². The number of para-hydroxylation sites is 3. The molecule has 0 radical (unpaired) electrons. The summed E-state index contributed by atoms with van der Waals surface area (Å²) in [5.74, 6) is 0.490. The van der Waals surface area contributed by atoms with E-state index in [0.29, 0.717) is 5.92 Å². The highest BCUT2D eigenvalue weighted by Gasteiger charge is 2.23. The molecule has 1 atom stereocenters. The van der Waals surface area contributed by atoms with E-state index in [0.717, 1.165) is 12.8 Å². The first-order valence-electron chi connectivity index (χ1n) is 16.3. The second-order valence-electron chi connectivity index (χ2n) is 12.6. The van der Waals surface area contributed by atoms with Gasteiger partial charge in [-0.3, -0.25) is 0 Å². The molecule has 0 aliphatic heterocycles. The van der Waals surface area contributed by atoms with Crippen molar-refractivity contribution in [1.82, 2.24) is 9.13 Å². The Morgan fingerprint density at radius 3 is 1.57 bits per heavy atom. The summed E-state index contributed by atoms with van der Waals surface area (Å²) in [6.07, 6.45) is 6.62. The highest BCUT2D eigenvalue weighted by molar-refractivity contribution is 6.09. The third-order valence-corrected chi connectivity index (χ3v) is 9.79. The Bertz CT molecular complexity index is 2350. The van der Waals surface area contributed by atoms with Crippen LogP contribution < -0.4 is 0 Å². The molecular formula is C44H34N2. The van der Waals surface area contributed by atoms with Gasteiger partial charge in [-0.25, -0.2) is 0 Å². The van der Waals surface area contributed by atoms with Crippen LogP contribution in [0.1, 0.15) is 41.6 Å². The Kier molecular flexibility index (Phi) is 6.28. The van der Waals surface area contributed by atoms with Crippen molar-refractivity contribution >= 4 is 38.8 Å². The summed E-state index contributed by atoms with van der Waals surface area (Å²) in [5, 5.41) is 3.92. The first-order chi connectivity index (χ1) is 22.7. The molecule has 2 heteroatoms. The normalized spacial score (nSPS) is 14.3. The zero-order valence-corrected chi connectivity index (χ0v) is 25.9. The number of aromatic nitrogens is 2. The lowest BCUT2D eigenvalue weighted by atomic mass is 9.93. The van der Waals surface area contributed by atoms with Crippen molar-refractivity contribution in [2.75, 3.05) is 0 Å². The minimum Gasteiger partial charge on any atom is -0.313 e. The number of rotatable bonds is 5. The van der Waals surface area contributed by atoms with Crippen LogP contribution in [-0.2, 0) is 6.42 Å². The molecule has 2 heterocycles. The van der Waals surface area contributed by atoms with Crippen LogP contribution in [0.4, 0.5) is 0 Å². The maximum absolute atomic E-state index is 2.47. The van der Waals surface area contributed by atoms with Crippen molar-refractivity contribution in [1.29, 1.82) is 0 Å². The van der Waals surface area contributed by atoms with Crippen molar-refractivity contribution in [3.05, 3.63) is 174 Å². The summed E-state index contributed by atoms with van der Waals surface area (Å²) < 4.78 is 4.85. The fourth-order valence-electron chi connectivity index (χ4n) is 7.54. The molecule has 0 saturated heterocycles. The van der Waals surface area contributed by atoms with Crippen LogP contribution >= 0.6 is 0 Å². The molecule has 0 fully saturated rings. The topological polar surface area (TPSA) is 9.86 Å². The van der Waals surface area contributed by atoms with Crippen molar-refractivity contribution in [3.63, 3.8) is 0 Å². The fraction of sp³-hybridized carbons (Fsp3) is 0.0909. The molecule has 2 aromatic heterocycles. The SMILES string of the molecule is CC1CC=Cc2c1n(-c1ccc(-c3ccc(Cc4ccc(-n5c6ccccc6c6ccccc65)cc4)cc3)cc1)c1ccccc21. The zero-order valence-electron chi connectivity index (χ0n) is 25.9. The zero-order chi connectivity index (χ0) is 30.6. The average Bonchev–Trinajstić information content (AvgIpc) is 3.63. The van der Waals surface area contributed by atoms with Gasteiger partial charge in [-0.2, -0.15) is 0 Å². The van der Waals surface area contributed by atoms with Gasteiger partial charge in [0.25, 0.3) is 0 Å². The van der Waals surface area contributed by atoms with E-state index in [4.69, 9.17) is 0 Å². The third kappa shape index (κ3) is 4.33. The number of benzene rings is 6. The Balaban J connectivity index is 0.964. The number of nitrogens with zero attached hydrogens (tertiary/aromatic N) is 2. The van der Waals surface area contributed by atoms with Gasteiger partial charge in [-0.15, -0.1) is 0 Å². The van der Waals surface area contributed by atoms with Gasteiger partial charge < -0.3 is 9.13 Å². The summed E-state index contributed by atoms with van der Waals surface area (Å²) >= 11 is 0. The van der Waals surface area contributed by atoms with Crippen LogP contribution in [-0.4, -0.2) is 9.13 Å². The first kappa shape index (κ1) is 26.8. The van der Waals surface area contributed by atoms with Gasteiger partial charge in [-0.05, 0) is 77.6 Å². The van der Waals surface area contributed by atoms with E-state index in [9.17, 15) is 0 Å². The summed E-state index contributed by atoms with van der Waals surface area (Å²) in [6.45, 7) is 2.34. The standard InChI is InChI=1S/C44H34N2/c1-30-9-8-13-40-39-12-4-7-16-43(39)46(44(30)40)36-27-23-34(24-28-36)33-21-17-31(18-22-33)29-32-19-25-35(26-20-32)45-41-14-5-2-10-37(41)38-11-3-6-15-42(38)45/h2-8,10-28,30H,9,29H2,1H3. The van der Waals surface area contributed by atoms with E-state index in [1.54, 1.807) is 0 Å². The number of hydrogen-bond acceptors (Lipinski definition) is 0. The fourth-order valence-corrected chi connectivity index (χ4v) is 7.54. The minimum atomic E-state index is 0.490. The number of fused-ring (bicyclic) bond motifs is 6. The van der Waals surface area contributed by atoms with Crippen molar-refractivity contribution in [3.8, 4) is 22.5 Å². The quantitative estimate of drug-likeness (QED) is 0.189. The van der Waals surface area contributed by atoms with Crippen LogP contribution in [0.3, 0.4) is 0 Å². The van der Waals surface area contributed by atoms with Gasteiger partial charge >= 0.3 is 0 Å². The molecule has 9 rings (SSSR count). The highest BCUT2D eigenvalue weighted by Crippen LogP contribution is 2.39. The number of allylic oxidation sites excluding steroid dienone is 1. The Morgan fingerprint density at radius 1 is 0.500 bits per heavy atom. The van der Waals surface area contributed by atoms with E-state index in [2.05, 4.69) is 174 Å².